The standard InChI is InChI=1S/C17H25N3O4S.ClH/c1-12-5-6-19(14(7-12)9-18)17(21)11-25-10-13-3-4-16(24-2)15(8-13)20(22)23;/h3-4,8,12,14H,5-7,9-11,18H2,1-2H3;1H. The smallest absolute Gasteiger partial charge is 0.311 e. The number of rotatable bonds is 7. The van der Waals surface area contributed by atoms with Crippen LogP contribution >= 0.6 is 24.2 Å². The number of hydrogen-bond acceptors (Lipinski definition) is 6. The number of nitrogens with zero attached hydrogens (tertiary/aromatic N) is 2. The van der Waals surface area contributed by atoms with Crippen molar-refractivity contribution in [1.82, 2.24) is 4.90 Å². The van der Waals surface area contributed by atoms with E-state index in [1.54, 1.807) is 12.1 Å². The fraction of sp³-hybridized carbons (Fsp3) is 0.588. The molecule has 9 heteroatoms. The maximum Gasteiger partial charge on any atom is 0.311 e. The first-order valence-corrected chi connectivity index (χ1v) is 9.50. The molecule has 1 saturated heterocycles. The number of amides is 1. The van der Waals surface area contributed by atoms with E-state index in [-0.39, 0.29) is 35.8 Å². The molecule has 0 bridgehead atoms. The SMILES string of the molecule is COc1ccc(CSCC(=O)N2CCC(C)CC2CN)cc1[N+](=O)[O-].Cl. The van der Waals surface area contributed by atoms with Crippen molar-refractivity contribution in [2.75, 3.05) is 26.0 Å². The Hall–Kier alpha value is -1.51. The molecule has 7 nitrogen and oxygen atoms in total. The summed E-state index contributed by atoms with van der Waals surface area (Å²) in [5, 5.41) is 11.1. The Bertz CT molecular complexity index is 632. The van der Waals surface area contributed by atoms with Crippen molar-refractivity contribution < 1.29 is 14.5 Å². The lowest BCUT2D eigenvalue weighted by molar-refractivity contribution is -0.385. The van der Waals surface area contributed by atoms with E-state index in [1.165, 1.54) is 24.9 Å². The zero-order chi connectivity index (χ0) is 18.4. The van der Waals surface area contributed by atoms with Gasteiger partial charge in [0, 0.05) is 31.0 Å². The number of nitro groups is 1. The summed E-state index contributed by atoms with van der Waals surface area (Å²) in [7, 11) is 1.41. The number of thioether (sulfide) groups is 1. The van der Waals surface area contributed by atoms with Gasteiger partial charge < -0.3 is 15.4 Å². The van der Waals surface area contributed by atoms with Crippen molar-refractivity contribution in [3.8, 4) is 5.75 Å². The summed E-state index contributed by atoms with van der Waals surface area (Å²) >= 11 is 1.46. The Labute approximate surface area is 164 Å². The molecule has 146 valence electrons. The van der Waals surface area contributed by atoms with E-state index in [0.717, 1.165) is 24.9 Å². The van der Waals surface area contributed by atoms with Crippen LogP contribution in [0.5, 0.6) is 5.75 Å². The van der Waals surface area contributed by atoms with E-state index in [9.17, 15) is 14.9 Å². The van der Waals surface area contributed by atoms with Gasteiger partial charge in [-0.3, -0.25) is 14.9 Å². The van der Waals surface area contributed by atoms with Crippen molar-refractivity contribution in [2.45, 2.75) is 31.6 Å². The molecule has 0 spiro atoms. The quantitative estimate of drug-likeness (QED) is 0.555. The number of methoxy groups -OCH3 is 1. The van der Waals surface area contributed by atoms with Gasteiger partial charge in [0.15, 0.2) is 5.75 Å². The third kappa shape index (κ3) is 5.75. The number of piperidine rings is 1. The highest BCUT2D eigenvalue weighted by Crippen LogP contribution is 2.29. The first-order valence-electron chi connectivity index (χ1n) is 8.34. The van der Waals surface area contributed by atoms with Crippen molar-refractivity contribution in [2.24, 2.45) is 11.7 Å². The lowest BCUT2D eigenvalue weighted by Gasteiger charge is -2.38. The maximum absolute atomic E-state index is 12.5. The highest BCUT2D eigenvalue weighted by Gasteiger charge is 2.28. The normalized spacial score (nSPS) is 19.6. The number of benzene rings is 1. The molecule has 26 heavy (non-hydrogen) atoms. The Balaban J connectivity index is 0.00000338. The van der Waals surface area contributed by atoms with Crippen molar-refractivity contribution >= 4 is 35.8 Å². The molecule has 0 aliphatic carbocycles. The van der Waals surface area contributed by atoms with E-state index in [0.29, 0.717) is 24.0 Å². The van der Waals surface area contributed by atoms with Gasteiger partial charge >= 0.3 is 5.69 Å². The highest BCUT2D eigenvalue weighted by atomic mass is 35.5. The van der Waals surface area contributed by atoms with Crippen molar-refractivity contribution in [1.29, 1.82) is 0 Å². The third-order valence-corrected chi connectivity index (χ3v) is 5.49. The minimum absolute atomic E-state index is 0. The van der Waals surface area contributed by atoms with Crippen molar-refractivity contribution in [3.05, 3.63) is 33.9 Å². The molecule has 1 aliphatic rings. The third-order valence-electron chi connectivity index (χ3n) is 4.50. The Morgan fingerprint density at radius 1 is 1.50 bits per heavy atom. The molecule has 1 fully saturated rings. The summed E-state index contributed by atoms with van der Waals surface area (Å²) in [4.78, 5) is 25.0. The number of carbonyl (C=O) groups excluding carboxylic acids is 1. The van der Waals surface area contributed by atoms with E-state index in [1.807, 2.05) is 4.90 Å². The number of ether oxygens (including phenoxy) is 1. The predicted octanol–water partition coefficient (Wildman–Crippen LogP) is 2.84. The predicted molar refractivity (Wildman–Crippen MR) is 106 cm³/mol. The second-order valence-corrected chi connectivity index (χ2v) is 7.35. The number of nitro benzene ring substituents is 1. The van der Waals surface area contributed by atoms with E-state index < -0.39 is 4.92 Å². The first-order chi connectivity index (χ1) is 12.0. The van der Waals surface area contributed by atoms with Gasteiger partial charge in [-0.05, 0) is 30.4 Å². The molecular weight excluding hydrogens is 378 g/mol. The largest absolute Gasteiger partial charge is 0.490 e. The summed E-state index contributed by atoms with van der Waals surface area (Å²) in [6.45, 7) is 3.44. The van der Waals surface area contributed by atoms with E-state index in [4.69, 9.17) is 10.5 Å². The van der Waals surface area contributed by atoms with Crippen LogP contribution in [0.15, 0.2) is 18.2 Å². The minimum atomic E-state index is -0.459. The monoisotopic (exact) mass is 403 g/mol. The average molecular weight is 404 g/mol. The molecule has 2 unspecified atom stereocenters. The van der Waals surface area contributed by atoms with Crippen LogP contribution in [0.4, 0.5) is 5.69 Å². The van der Waals surface area contributed by atoms with Crippen LogP contribution in [0.2, 0.25) is 0 Å². The van der Waals surface area contributed by atoms with E-state index in [2.05, 4.69) is 6.92 Å². The second kappa shape index (κ2) is 10.6. The summed E-state index contributed by atoms with van der Waals surface area (Å²) < 4.78 is 5.00. The fourth-order valence-electron chi connectivity index (χ4n) is 3.11. The van der Waals surface area contributed by atoms with Crippen LogP contribution < -0.4 is 10.5 Å². The summed E-state index contributed by atoms with van der Waals surface area (Å²) in [6.07, 6.45) is 1.97. The summed E-state index contributed by atoms with van der Waals surface area (Å²) in [5.41, 5.74) is 6.55. The number of halogens is 1. The van der Waals surface area contributed by atoms with Crippen LogP contribution in [-0.2, 0) is 10.5 Å². The average Bonchev–Trinajstić information content (AvgIpc) is 2.61. The molecular formula is C17H26ClN3O4S. The van der Waals surface area contributed by atoms with Crippen LogP contribution in [0.1, 0.15) is 25.3 Å². The molecule has 1 amide bonds. The number of nitrogens with two attached hydrogens (primary N) is 1. The lowest BCUT2D eigenvalue weighted by Crippen LogP contribution is -2.49. The molecule has 0 saturated carbocycles. The van der Waals surface area contributed by atoms with Crippen LogP contribution in [0.3, 0.4) is 0 Å². The molecule has 2 rings (SSSR count). The van der Waals surface area contributed by atoms with Gasteiger partial charge in [0.25, 0.3) is 0 Å². The molecule has 2 N–H and O–H groups in total. The van der Waals surface area contributed by atoms with Gasteiger partial charge in [0.05, 0.1) is 17.8 Å². The van der Waals surface area contributed by atoms with Gasteiger partial charge in [0.1, 0.15) is 0 Å². The Kier molecular flexibility index (Phi) is 9.18. The molecule has 1 aromatic rings. The molecule has 0 radical (unpaired) electrons. The van der Waals surface area contributed by atoms with Gasteiger partial charge in [-0.2, -0.15) is 0 Å². The number of carbonyl (C=O) groups is 1. The zero-order valence-electron chi connectivity index (χ0n) is 15.1. The van der Waals surface area contributed by atoms with Gasteiger partial charge in [0.2, 0.25) is 5.91 Å². The minimum Gasteiger partial charge on any atom is -0.490 e. The summed E-state index contributed by atoms with van der Waals surface area (Å²) in [6, 6.07) is 5.00. The topological polar surface area (TPSA) is 98.7 Å². The van der Waals surface area contributed by atoms with Crippen molar-refractivity contribution in [3.63, 3.8) is 0 Å². The Morgan fingerprint density at radius 3 is 2.85 bits per heavy atom. The molecule has 1 aliphatic heterocycles. The number of hydrogen-bond donors (Lipinski definition) is 1. The fourth-order valence-corrected chi connectivity index (χ4v) is 3.97. The van der Waals surface area contributed by atoms with Gasteiger partial charge in [-0.15, -0.1) is 24.2 Å². The van der Waals surface area contributed by atoms with Crippen LogP contribution in [-0.4, -0.2) is 47.7 Å². The molecule has 2 atom stereocenters. The van der Waals surface area contributed by atoms with E-state index >= 15 is 0 Å². The lowest BCUT2D eigenvalue weighted by atomic mass is 9.92. The van der Waals surface area contributed by atoms with Crippen LogP contribution in [0, 0.1) is 16.0 Å². The number of likely N-dealkylation sites (tertiary alicyclic amines) is 1. The zero-order valence-corrected chi connectivity index (χ0v) is 16.7. The molecule has 1 aromatic carbocycles. The van der Waals surface area contributed by atoms with Gasteiger partial charge in [-0.25, -0.2) is 0 Å². The second-order valence-electron chi connectivity index (χ2n) is 6.36. The Morgan fingerprint density at radius 2 is 2.23 bits per heavy atom. The van der Waals surface area contributed by atoms with Crippen LogP contribution in [0.25, 0.3) is 0 Å². The van der Waals surface area contributed by atoms with Gasteiger partial charge in [-0.1, -0.05) is 13.0 Å². The molecule has 0 aromatic heterocycles. The maximum atomic E-state index is 12.5. The summed E-state index contributed by atoms with van der Waals surface area (Å²) in [5.74, 6) is 1.82. The molecule has 1 heterocycles. The highest BCUT2D eigenvalue weighted by molar-refractivity contribution is 7.99. The first kappa shape index (κ1) is 22.5.